The van der Waals surface area contributed by atoms with E-state index < -0.39 is 0 Å². The number of likely N-dealkylation sites (tertiary alicyclic amines) is 1. The first-order chi connectivity index (χ1) is 16.6. The van der Waals surface area contributed by atoms with Crippen LogP contribution in [0, 0.1) is 0 Å². The van der Waals surface area contributed by atoms with E-state index in [4.69, 9.17) is 17.3 Å². The lowest BCUT2D eigenvalue weighted by Gasteiger charge is -2.36. The minimum absolute atomic E-state index is 0.00769. The van der Waals surface area contributed by atoms with Crippen LogP contribution in [0.2, 0.25) is 5.02 Å². The van der Waals surface area contributed by atoms with Crippen LogP contribution in [-0.4, -0.2) is 37.1 Å². The predicted molar refractivity (Wildman–Crippen MR) is 132 cm³/mol. The average molecular weight is 473 g/mol. The molecule has 34 heavy (non-hydrogen) atoms. The van der Waals surface area contributed by atoms with Gasteiger partial charge in [-0.3, -0.25) is 9.48 Å². The number of carbonyl (C=O) groups is 1. The molecular formula is C26H25ClN6O. The first-order valence-corrected chi connectivity index (χ1v) is 11.7. The summed E-state index contributed by atoms with van der Waals surface area (Å²) in [5, 5.41) is 4.96. The normalized spacial score (nSPS) is 15.9. The van der Waals surface area contributed by atoms with Crippen LogP contribution in [0.25, 0.3) is 11.1 Å². The summed E-state index contributed by atoms with van der Waals surface area (Å²) in [7, 11) is 0. The summed E-state index contributed by atoms with van der Waals surface area (Å²) in [6.07, 6.45) is 8.14. The molecule has 1 aliphatic heterocycles. The quantitative estimate of drug-likeness (QED) is 0.442. The van der Waals surface area contributed by atoms with Gasteiger partial charge in [0.15, 0.2) is 0 Å². The number of hydrogen-bond acceptors (Lipinski definition) is 5. The molecule has 5 rings (SSSR count). The third-order valence-electron chi connectivity index (χ3n) is 6.21. The van der Waals surface area contributed by atoms with Gasteiger partial charge in [-0.25, -0.2) is 9.97 Å². The number of nitrogen functional groups attached to an aromatic ring is 1. The number of anilines is 1. The van der Waals surface area contributed by atoms with Gasteiger partial charge in [0, 0.05) is 41.3 Å². The molecule has 1 amide bonds. The lowest BCUT2D eigenvalue weighted by atomic mass is 9.92. The highest BCUT2D eigenvalue weighted by Crippen LogP contribution is 2.37. The summed E-state index contributed by atoms with van der Waals surface area (Å²) in [6.45, 7) is 1.19. The number of nitrogens with two attached hydrogens (primary N) is 1. The van der Waals surface area contributed by atoms with Crippen molar-refractivity contribution >= 4 is 23.5 Å². The van der Waals surface area contributed by atoms with Crippen LogP contribution in [0.15, 0.2) is 73.2 Å². The molecule has 2 aromatic heterocycles. The molecule has 0 radical (unpaired) electrons. The largest absolute Gasteiger partial charge is 0.368 e. The van der Waals surface area contributed by atoms with Crippen molar-refractivity contribution in [2.24, 2.45) is 0 Å². The Hall–Kier alpha value is -3.71. The number of hydrogen-bond donors (Lipinski definition) is 1. The van der Waals surface area contributed by atoms with Crippen LogP contribution in [0.5, 0.6) is 0 Å². The summed E-state index contributed by atoms with van der Waals surface area (Å²) in [4.78, 5) is 24.7. The van der Waals surface area contributed by atoms with Crippen molar-refractivity contribution in [2.45, 2.75) is 31.8 Å². The molecule has 0 bridgehead atoms. The second-order valence-corrected chi connectivity index (χ2v) is 8.84. The number of rotatable bonds is 5. The van der Waals surface area contributed by atoms with Gasteiger partial charge in [-0.1, -0.05) is 41.9 Å². The summed E-state index contributed by atoms with van der Waals surface area (Å²) in [6, 6.07) is 17.0. The zero-order valence-electron chi connectivity index (χ0n) is 18.6. The Balaban J connectivity index is 1.53. The fraction of sp³-hybridized carbons (Fsp3) is 0.231. The topological polar surface area (TPSA) is 89.9 Å². The van der Waals surface area contributed by atoms with Gasteiger partial charge >= 0.3 is 0 Å². The van der Waals surface area contributed by atoms with E-state index in [1.165, 1.54) is 0 Å². The molecule has 8 heteroatoms. The summed E-state index contributed by atoms with van der Waals surface area (Å²) >= 11 is 6.10. The van der Waals surface area contributed by atoms with Crippen LogP contribution in [-0.2, 0) is 6.54 Å². The van der Waals surface area contributed by atoms with E-state index in [9.17, 15) is 4.79 Å². The van der Waals surface area contributed by atoms with E-state index in [0.29, 0.717) is 23.7 Å². The van der Waals surface area contributed by atoms with Gasteiger partial charge in [0.05, 0.1) is 18.3 Å². The van der Waals surface area contributed by atoms with E-state index in [-0.39, 0.29) is 17.9 Å². The average Bonchev–Trinajstić information content (AvgIpc) is 3.38. The molecule has 2 aromatic carbocycles. The highest BCUT2D eigenvalue weighted by molar-refractivity contribution is 6.30. The predicted octanol–water partition coefficient (Wildman–Crippen LogP) is 4.99. The Morgan fingerprint density at radius 1 is 1.09 bits per heavy atom. The van der Waals surface area contributed by atoms with Crippen LogP contribution in [0.3, 0.4) is 0 Å². The molecule has 4 aromatic rings. The molecule has 3 heterocycles. The SMILES string of the molecule is Nc1ncc(-c2ccc(Cl)cc2)c([C@@H]2CCCCN2C(=O)c2ccccc2Cn2cccn2)n1. The molecular weight excluding hydrogens is 448 g/mol. The van der Waals surface area contributed by atoms with Gasteiger partial charge in [0.1, 0.15) is 0 Å². The van der Waals surface area contributed by atoms with E-state index in [2.05, 4.69) is 15.1 Å². The van der Waals surface area contributed by atoms with E-state index >= 15 is 0 Å². The molecule has 1 fully saturated rings. The van der Waals surface area contributed by atoms with Gasteiger partial charge in [-0.15, -0.1) is 0 Å². The number of aromatic nitrogens is 4. The highest BCUT2D eigenvalue weighted by Gasteiger charge is 2.32. The minimum Gasteiger partial charge on any atom is -0.368 e. The van der Waals surface area contributed by atoms with Crippen molar-refractivity contribution in [1.82, 2.24) is 24.6 Å². The van der Waals surface area contributed by atoms with Crippen molar-refractivity contribution in [3.05, 3.63) is 95.0 Å². The molecule has 0 saturated carbocycles. The summed E-state index contributed by atoms with van der Waals surface area (Å²) in [5.74, 6) is 0.191. The van der Waals surface area contributed by atoms with Gasteiger partial charge in [0.2, 0.25) is 5.95 Å². The molecule has 2 N–H and O–H groups in total. The van der Waals surface area contributed by atoms with Gasteiger partial charge in [-0.05, 0) is 54.7 Å². The molecule has 7 nitrogen and oxygen atoms in total. The van der Waals surface area contributed by atoms with Crippen LogP contribution < -0.4 is 5.73 Å². The minimum atomic E-state index is -0.199. The first kappa shape index (κ1) is 22.1. The first-order valence-electron chi connectivity index (χ1n) is 11.3. The standard InChI is InChI=1S/C26H25ClN6O/c27-20-11-9-18(10-12-20)22-16-29-26(28)31-24(22)23-8-3-4-15-33(23)25(34)21-7-2-1-6-19(21)17-32-14-5-13-30-32/h1-2,5-7,9-14,16,23H,3-4,8,15,17H2,(H2,28,29,31)/t23-/m0/s1. The highest BCUT2D eigenvalue weighted by atomic mass is 35.5. The third-order valence-corrected chi connectivity index (χ3v) is 6.46. The maximum atomic E-state index is 13.9. The molecule has 172 valence electrons. The van der Waals surface area contributed by atoms with Gasteiger partial charge in [-0.2, -0.15) is 5.10 Å². The van der Waals surface area contributed by atoms with Crippen LogP contribution >= 0.6 is 11.6 Å². The van der Waals surface area contributed by atoms with Crippen molar-refractivity contribution in [1.29, 1.82) is 0 Å². The van der Waals surface area contributed by atoms with Crippen molar-refractivity contribution in [2.75, 3.05) is 12.3 Å². The van der Waals surface area contributed by atoms with E-state index in [1.807, 2.05) is 70.4 Å². The Morgan fingerprint density at radius 2 is 1.91 bits per heavy atom. The van der Waals surface area contributed by atoms with Crippen molar-refractivity contribution in [3.63, 3.8) is 0 Å². The molecule has 0 spiro atoms. The Bertz CT molecular complexity index is 1290. The second kappa shape index (κ2) is 9.65. The Kier molecular flexibility index (Phi) is 6.27. The van der Waals surface area contributed by atoms with E-state index in [1.54, 1.807) is 12.4 Å². The zero-order valence-corrected chi connectivity index (χ0v) is 19.4. The molecule has 0 aliphatic carbocycles. The molecule has 1 atom stereocenters. The summed E-state index contributed by atoms with van der Waals surface area (Å²) in [5.41, 5.74) is 10.2. The number of benzene rings is 2. The maximum absolute atomic E-state index is 13.9. The van der Waals surface area contributed by atoms with Crippen LogP contribution in [0.1, 0.15) is 46.9 Å². The zero-order chi connectivity index (χ0) is 23.5. The number of carbonyl (C=O) groups excluding carboxylic acids is 1. The fourth-order valence-corrected chi connectivity index (χ4v) is 4.69. The smallest absolute Gasteiger partial charge is 0.254 e. The number of nitrogens with zero attached hydrogens (tertiary/aromatic N) is 5. The number of piperidine rings is 1. The van der Waals surface area contributed by atoms with Gasteiger partial charge < -0.3 is 10.6 Å². The number of halogens is 1. The van der Waals surface area contributed by atoms with Gasteiger partial charge in [0.25, 0.3) is 5.91 Å². The van der Waals surface area contributed by atoms with E-state index in [0.717, 1.165) is 41.6 Å². The lowest BCUT2D eigenvalue weighted by molar-refractivity contribution is 0.0605. The summed E-state index contributed by atoms with van der Waals surface area (Å²) < 4.78 is 1.82. The fourth-order valence-electron chi connectivity index (χ4n) is 4.56. The van der Waals surface area contributed by atoms with Crippen LogP contribution in [0.4, 0.5) is 5.95 Å². The lowest BCUT2D eigenvalue weighted by Crippen LogP contribution is -2.39. The van der Waals surface area contributed by atoms with Crippen molar-refractivity contribution in [3.8, 4) is 11.1 Å². The monoisotopic (exact) mass is 472 g/mol. The molecule has 0 unspecified atom stereocenters. The van der Waals surface area contributed by atoms with Crippen molar-refractivity contribution < 1.29 is 4.79 Å². The Morgan fingerprint density at radius 3 is 2.71 bits per heavy atom. The third kappa shape index (κ3) is 4.52. The second-order valence-electron chi connectivity index (χ2n) is 8.40. The maximum Gasteiger partial charge on any atom is 0.254 e. The Labute approximate surface area is 203 Å². The molecule has 1 saturated heterocycles. The molecule has 1 aliphatic rings. The number of amides is 1.